The number of likely N-dealkylation sites (tertiary alicyclic amines) is 2. The number of rotatable bonds is 9. The van der Waals surface area contributed by atoms with Crippen molar-refractivity contribution in [1.29, 1.82) is 5.26 Å². The number of hydrogen-bond donors (Lipinski definition) is 1. The molecule has 0 amide bonds. The van der Waals surface area contributed by atoms with Gasteiger partial charge in [0.25, 0.3) is 0 Å². The smallest absolute Gasteiger partial charge is 0.161 e. The lowest BCUT2D eigenvalue weighted by Gasteiger charge is -2.35. The summed E-state index contributed by atoms with van der Waals surface area (Å²) in [6.45, 7) is 5.17. The van der Waals surface area contributed by atoms with Crippen molar-refractivity contribution in [2.75, 3.05) is 53.6 Å². The molecule has 2 heterocycles. The highest BCUT2D eigenvalue weighted by atomic mass is 16.5. The average Bonchev–Trinajstić information content (AvgIpc) is 2.69. The van der Waals surface area contributed by atoms with Crippen LogP contribution in [0, 0.1) is 17.2 Å². The predicted octanol–water partition coefficient (Wildman–Crippen LogP) is 1.50. The minimum atomic E-state index is -0.549. The number of methoxy groups -OCH3 is 2. The van der Waals surface area contributed by atoms with Crippen molar-refractivity contribution in [3.63, 3.8) is 0 Å². The third-order valence-corrected chi connectivity index (χ3v) is 5.54. The quantitative estimate of drug-likeness (QED) is 0.686. The van der Waals surface area contributed by atoms with Crippen LogP contribution in [0.1, 0.15) is 18.4 Å². The normalized spacial score (nSPS) is 20.4. The van der Waals surface area contributed by atoms with E-state index in [1.54, 1.807) is 14.2 Å². The first-order valence-electron chi connectivity index (χ1n) is 9.96. The molecule has 3 rings (SSSR count). The summed E-state index contributed by atoms with van der Waals surface area (Å²) < 4.78 is 16.7. The van der Waals surface area contributed by atoms with Crippen LogP contribution in [0.2, 0.25) is 0 Å². The van der Waals surface area contributed by atoms with Crippen LogP contribution in [0.25, 0.3) is 0 Å². The van der Waals surface area contributed by atoms with E-state index >= 15 is 0 Å². The fourth-order valence-corrected chi connectivity index (χ4v) is 3.83. The molecular formula is C21H31N3O4. The monoisotopic (exact) mass is 389 g/mol. The van der Waals surface area contributed by atoms with Crippen LogP contribution in [0.15, 0.2) is 18.2 Å². The third kappa shape index (κ3) is 5.58. The molecule has 7 heteroatoms. The Bertz CT molecular complexity index is 664. The van der Waals surface area contributed by atoms with Gasteiger partial charge in [0.1, 0.15) is 12.7 Å². The summed E-state index contributed by atoms with van der Waals surface area (Å²) in [6, 6.07) is 8.17. The molecule has 0 aliphatic carbocycles. The number of nitrogens with zero attached hydrogens (tertiary/aromatic N) is 3. The van der Waals surface area contributed by atoms with Gasteiger partial charge in [0.05, 0.1) is 25.2 Å². The Labute approximate surface area is 167 Å². The largest absolute Gasteiger partial charge is 0.493 e. The maximum Gasteiger partial charge on any atom is 0.161 e. The minimum absolute atomic E-state index is 0.159. The Hall–Kier alpha value is -1.85. The fraction of sp³-hybridized carbons (Fsp3) is 0.667. The number of nitriles is 1. The van der Waals surface area contributed by atoms with Gasteiger partial charge in [-0.1, -0.05) is 6.07 Å². The van der Waals surface area contributed by atoms with E-state index in [1.165, 1.54) is 0 Å². The van der Waals surface area contributed by atoms with Crippen LogP contribution in [-0.4, -0.2) is 80.7 Å². The van der Waals surface area contributed by atoms with Gasteiger partial charge in [-0.3, -0.25) is 4.90 Å². The lowest BCUT2D eigenvalue weighted by molar-refractivity contribution is 0.0151. The first kappa shape index (κ1) is 20.9. The molecule has 1 aromatic carbocycles. The molecular weight excluding hydrogens is 358 g/mol. The van der Waals surface area contributed by atoms with Gasteiger partial charge in [-0.15, -0.1) is 0 Å². The number of ether oxygens (including phenoxy) is 3. The second kappa shape index (κ2) is 10.1. The second-order valence-electron chi connectivity index (χ2n) is 7.71. The first-order chi connectivity index (χ1) is 13.6. The molecule has 0 aromatic heterocycles. The molecule has 2 fully saturated rings. The van der Waals surface area contributed by atoms with Crippen molar-refractivity contribution in [2.24, 2.45) is 5.92 Å². The summed E-state index contributed by atoms with van der Waals surface area (Å²) in [5.41, 5.74) is 1.13. The zero-order chi connectivity index (χ0) is 19.9. The van der Waals surface area contributed by atoms with Crippen molar-refractivity contribution in [1.82, 2.24) is 9.80 Å². The zero-order valence-corrected chi connectivity index (χ0v) is 16.8. The molecule has 7 nitrogen and oxygen atoms in total. The molecule has 0 bridgehead atoms. The van der Waals surface area contributed by atoms with E-state index in [9.17, 15) is 5.11 Å². The van der Waals surface area contributed by atoms with E-state index in [2.05, 4.69) is 15.9 Å². The van der Waals surface area contributed by atoms with Crippen LogP contribution >= 0.6 is 0 Å². The minimum Gasteiger partial charge on any atom is -0.493 e. The topological polar surface area (TPSA) is 78.2 Å². The maximum absolute atomic E-state index is 10.3. The van der Waals surface area contributed by atoms with Gasteiger partial charge in [-0.25, -0.2) is 0 Å². The summed E-state index contributed by atoms with van der Waals surface area (Å²) in [5, 5.41) is 19.2. The molecule has 0 radical (unpaired) electrons. The van der Waals surface area contributed by atoms with Gasteiger partial charge in [0, 0.05) is 46.4 Å². The number of β-amino-alcohol motifs (C(OH)–C–C–N with tert-alkyl or cyclic N) is 1. The first-order valence-corrected chi connectivity index (χ1v) is 9.96. The molecule has 2 aliphatic rings. The van der Waals surface area contributed by atoms with Crippen molar-refractivity contribution in [3.05, 3.63) is 23.8 Å². The molecule has 1 aromatic rings. The van der Waals surface area contributed by atoms with Crippen LogP contribution in [0.5, 0.6) is 11.5 Å². The lowest BCUT2D eigenvalue weighted by atomic mass is 10.0. The number of aliphatic hydroxyl groups excluding tert-OH is 1. The van der Waals surface area contributed by atoms with Gasteiger partial charge < -0.3 is 24.2 Å². The summed E-state index contributed by atoms with van der Waals surface area (Å²) in [5.74, 6) is 1.47. The Morgan fingerprint density at radius 2 is 1.93 bits per heavy atom. The average molecular weight is 389 g/mol. The fourth-order valence-electron chi connectivity index (χ4n) is 3.83. The van der Waals surface area contributed by atoms with E-state index in [0.717, 1.165) is 51.1 Å². The summed E-state index contributed by atoms with van der Waals surface area (Å²) in [7, 11) is 3.38. The van der Waals surface area contributed by atoms with Crippen molar-refractivity contribution < 1.29 is 19.3 Å². The summed E-state index contributed by atoms with van der Waals surface area (Å²) in [4.78, 5) is 4.49. The van der Waals surface area contributed by atoms with E-state index in [-0.39, 0.29) is 12.5 Å². The molecule has 154 valence electrons. The van der Waals surface area contributed by atoms with Gasteiger partial charge in [0.15, 0.2) is 11.5 Å². The zero-order valence-electron chi connectivity index (χ0n) is 16.8. The van der Waals surface area contributed by atoms with E-state index in [0.29, 0.717) is 24.1 Å². The van der Waals surface area contributed by atoms with Crippen molar-refractivity contribution >= 4 is 0 Å². The highest BCUT2D eigenvalue weighted by molar-refractivity contribution is 5.43. The van der Waals surface area contributed by atoms with Crippen molar-refractivity contribution in [3.8, 4) is 17.6 Å². The summed E-state index contributed by atoms with van der Waals surface area (Å²) in [6.07, 6.45) is 1.80. The molecule has 1 N–H and O–H groups in total. The molecule has 1 atom stereocenters. The molecule has 0 saturated carbocycles. The molecule has 28 heavy (non-hydrogen) atoms. The van der Waals surface area contributed by atoms with Gasteiger partial charge in [-0.05, 0) is 30.5 Å². The standard InChI is InChI=1S/C21H31N3O4/c1-26-19-5-7-23(8-6-19)14-18(25)15-28-20-4-3-16(9-21(20)27-2)11-24-12-17(10-22)13-24/h3-4,9,17-19,25H,5-8,11-15H2,1-2H3. The van der Waals surface area contributed by atoms with Crippen molar-refractivity contribution in [2.45, 2.75) is 31.6 Å². The maximum atomic E-state index is 10.3. The van der Waals surface area contributed by atoms with Gasteiger partial charge in [0.2, 0.25) is 0 Å². The molecule has 2 aliphatic heterocycles. The Kier molecular flexibility index (Phi) is 7.51. The van der Waals surface area contributed by atoms with Crippen LogP contribution < -0.4 is 9.47 Å². The third-order valence-electron chi connectivity index (χ3n) is 5.54. The number of aliphatic hydroxyl groups is 1. The lowest BCUT2D eigenvalue weighted by Crippen LogP contribution is -2.45. The Balaban J connectivity index is 1.45. The van der Waals surface area contributed by atoms with E-state index in [1.807, 2.05) is 18.2 Å². The predicted molar refractivity (Wildman–Crippen MR) is 105 cm³/mol. The number of hydrogen-bond acceptors (Lipinski definition) is 7. The molecule has 2 saturated heterocycles. The summed E-state index contributed by atoms with van der Waals surface area (Å²) >= 11 is 0. The van der Waals surface area contributed by atoms with Crippen LogP contribution in [0.3, 0.4) is 0 Å². The van der Waals surface area contributed by atoms with Crippen LogP contribution in [-0.2, 0) is 11.3 Å². The number of piperidine rings is 1. The molecule has 0 spiro atoms. The molecule has 1 unspecified atom stereocenters. The van der Waals surface area contributed by atoms with Gasteiger partial charge in [-0.2, -0.15) is 5.26 Å². The van der Waals surface area contributed by atoms with Crippen LogP contribution in [0.4, 0.5) is 0 Å². The highest BCUT2D eigenvalue weighted by Crippen LogP contribution is 2.29. The SMILES string of the molecule is COc1cc(CN2CC(C#N)C2)ccc1OCC(O)CN1CCC(OC)CC1. The number of benzene rings is 1. The van der Waals surface area contributed by atoms with E-state index in [4.69, 9.17) is 19.5 Å². The van der Waals surface area contributed by atoms with Gasteiger partial charge >= 0.3 is 0 Å². The highest BCUT2D eigenvalue weighted by Gasteiger charge is 2.26. The second-order valence-corrected chi connectivity index (χ2v) is 7.71. The Morgan fingerprint density at radius 1 is 1.18 bits per heavy atom. The van der Waals surface area contributed by atoms with E-state index < -0.39 is 6.10 Å². The Morgan fingerprint density at radius 3 is 2.57 bits per heavy atom.